The van der Waals surface area contributed by atoms with Crippen LogP contribution in [0.25, 0.3) is 10.9 Å². The second-order valence-corrected chi connectivity index (χ2v) is 5.77. The van der Waals surface area contributed by atoms with Crippen molar-refractivity contribution in [1.29, 1.82) is 0 Å². The smallest absolute Gasteiger partial charge is 0.279 e. The number of hydrogen-bond acceptors (Lipinski definition) is 3. The lowest BCUT2D eigenvalue weighted by atomic mass is 10.1. The van der Waals surface area contributed by atoms with E-state index in [1.54, 1.807) is 6.07 Å². The largest absolute Gasteiger partial charge is 0.360 e. The number of H-pyrrole nitrogens is 1. The zero-order chi connectivity index (χ0) is 13.5. The summed E-state index contributed by atoms with van der Waals surface area (Å²) in [6.45, 7) is 0. The molecule has 2 aromatic rings. The fourth-order valence-corrected chi connectivity index (χ4v) is 1.95. The van der Waals surface area contributed by atoms with Crippen molar-refractivity contribution in [2.75, 3.05) is 0 Å². The third-order valence-corrected chi connectivity index (χ3v) is 2.90. The van der Waals surface area contributed by atoms with Crippen LogP contribution in [0.4, 0.5) is 5.69 Å². The van der Waals surface area contributed by atoms with Crippen LogP contribution in [0.2, 0.25) is 0 Å². The van der Waals surface area contributed by atoms with Crippen molar-refractivity contribution < 1.29 is 9.72 Å². The summed E-state index contributed by atoms with van der Waals surface area (Å²) in [5, 5.41) is 11.1. The number of nitro benzene ring substituents is 1. The van der Waals surface area contributed by atoms with Crippen molar-refractivity contribution in [3.8, 4) is 0 Å². The van der Waals surface area contributed by atoms with E-state index in [1.807, 2.05) is 0 Å². The van der Waals surface area contributed by atoms with Gasteiger partial charge in [-0.3, -0.25) is 14.9 Å². The lowest BCUT2D eigenvalue weighted by Gasteiger charge is -2.07. The van der Waals surface area contributed by atoms with Gasteiger partial charge in [0.25, 0.3) is 9.48 Å². The molecule has 0 saturated heterocycles. The summed E-state index contributed by atoms with van der Waals surface area (Å²) < 4.78 is -2.15. The number of aromatic amines is 1. The maximum absolute atomic E-state index is 11.9. The van der Waals surface area contributed by atoms with E-state index < -0.39 is 14.5 Å². The highest BCUT2D eigenvalue weighted by Crippen LogP contribution is 2.36. The number of carbonyl (C=O) groups excluding carboxylic acids is 1. The van der Waals surface area contributed by atoms with Crippen LogP contribution in [0.15, 0.2) is 24.4 Å². The first-order chi connectivity index (χ1) is 8.32. The van der Waals surface area contributed by atoms with Crippen LogP contribution in [0, 0.1) is 10.1 Å². The number of aromatic nitrogens is 1. The topological polar surface area (TPSA) is 76.0 Å². The van der Waals surface area contributed by atoms with Gasteiger partial charge >= 0.3 is 0 Å². The lowest BCUT2D eigenvalue weighted by Crippen LogP contribution is -2.18. The maximum Gasteiger partial charge on any atom is 0.279 e. The molecular formula is C10H5Cl3N2O3. The predicted molar refractivity (Wildman–Crippen MR) is 69.6 cm³/mol. The maximum atomic E-state index is 11.9. The molecule has 0 fully saturated rings. The Hall–Kier alpha value is -1.30. The number of halogens is 3. The molecule has 0 spiro atoms. The highest BCUT2D eigenvalue weighted by molar-refractivity contribution is 6.77. The molecule has 5 nitrogen and oxygen atoms in total. The molecule has 1 aromatic carbocycles. The van der Waals surface area contributed by atoms with Crippen LogP contribution in [0.5, 0.6) is 0 Å². The average Bonchev–Trinajstić information content (AvgIpc) is 2.69. The van der Waals surface area contributed by atoms with Gasteiger partial charge in [0.2, 0.25) is 5.78 Å². The van der Waals surface area contributed by atoms with Gasteiger partial charge in [-0.05, 0) is 6.07 Å². The number of alkyl halides is 3. The Bertz CT molecular complexity index is 645. The third-order valence-electron chi connectivity index (χ3n) is 2.38. The van der Waals surface area contributed by atoms with Crippen LogP contribution in [-0.2, 0) is 0 Å². The van der Waals surface area contributed by atoms with Gasteiger partial charge in [0, 0.05) is 12.3 Å². The normalized spacial score (nSPS) is 11.7. The second-order valence-electron chi connectivity index (χ2n) is 3.49. The minimum absolute atomic E-state index is 0.0164. The molecule has 2 rings (SSSR count). The number of nitrogens with zero attached hydrogens (tertiary/aromatic N) is 1. The molecule has 8 heteroatoms. The summed E-state index contributed by atoms with van der Waals surface area (Å²) in [4.78, 5) is 24.9. The van der Waals surface area contributed by atoms with Crippen molar-refractivity contribution >= 4 is 57.2 Å². The monoisotopic (exact) mass is 306 g/mol. The third kappa shape index (κ3) is 2.16. The average molecular weight is 308 g/mol. The van der Waals surface area contributed by atoms with Crippen molar-refractivity contribution in [3.63, 3.8) is 0 Å². The molecule has 1 heterocycles. The van der Waals surface area contributed by atoms with Gasteiger partial charge in [0.05, 0.1) is 21.4 Å². The highest BCUT2D eigenvalue weighted by atomic mass is 35.6. The Labute approximate surface area is 116 Å². The standard InChI is InChI=1S/C10H5Cl3N2O3/c11-10(12,13)9(16)5-4-14-6-2-1-3-7(8(5)6)15(17)18/h1-4,14H. The van der Waals surface area contributed by atoms with Crippen LogP contribution in [0.1, 0.15) is 10.4 Å². The van der Waals surface area contributed by atoms with E-state index in [2.05, 4.69) is 4.98 Å². The van der Waals surface area contributed by atoms with E-state index in [0.717, 1.165) is 0 Å². The zero-order valence-corrected chi connectivity index (χ0v) is 10.9. The Morgan fingerprint density at radius 2 is 2.00 bits per heavy atom. The molecule has 0 saturated carbocycles. The van der Waals surface area contributed by atoms with Crippen LogP contribution >= 0.6 is 34.8 Å². The molecule has 0 radical (unpaired) electrons. The Morgan fingerprint density at radius 3 is 2.56 bits per heavy atom. The predicted octanol–water partition coefficient (Wildman–Crippen LogP) is 3.63. The molecule has 0 aliphatic heterocycles. The first-order valence-electron chi connectivity index (χ1n) is 4.68. The van der Waals surface area contributed by atoms with Gasteiger partial charge < -0.3 is 4.98 Å². The van der Waals surface area contributed by atoms with E-state index in [9.17, 15) is 14.9 Å². The quantitative estimate of drug-likeness (QED) is 0.398. The second kappa shape index (κ2) is 4.42. The molecule has 0 bridgehead atoms. The van der Waals surface area contributed by atoms with Gasteiger partial charge in [0.1, 0.15) is 0 Å². The molecule has 0 aliphatic rings. The van der Waals surface area contributed by atoms with Gasteiger partial charge in [-0.25, -0.2) is 0 Å². The van der Waals surface area contributed by atoms with Crippen LogP contribution < -0.4 is 0 Å². The van der Waals surface area contributed by atoms with Crippen LogP contribution in [0.3, 0.4) is 0 Å². The molecule has 0 unspecified atom stereocenters. The van der Waals surface area contributed by atoms with E-state index >= 15 is 0 Å². The number of carbonyl (C=O) groups is 1. The minimum atomic E-state index is -2.15. The van der Waals surface area contributed by atoms with Crippen molar-refractivity contribution in [2.24, 2.45) is 0 Å². The summed E-state index contributed by atoms with van der Waals surface area (Å²) in [5.74, 6) is -0.812. The number of nitro groups is 1. The Balaban J connectivity index is 2.74. The number of Topliss-reactive ketones (excluding diaryl/α,β-unsaturated/α-hetero) is 1. The van der Waals surface area contributed by atoms with Gasteiger partial charge in [-0.1, -0.05) is 40.9 Å². The van der Waals surface area contributed by atoms with Crippen LogP contribution in [-0.4, -0.2) is 19.5 Å². The summed E-state index contributed by atoms with van der Waals surface area (Å²) in [5.41, 5.74) is 0.199. The van der Waals surface area contributed by atoms with E-state index in [0.29, 0.717) is 5.52 Å². The van der Waals surface area contributed by atoms with E-state index in [4.69, 9.17) is 34.8 Å². The number of ketones is 1. The van der Waals surface area contributed by atoms with Gasteiger partial charge in [-0.15, -0.1) is 0 Å². The highest BCUT2D eigenvalue weighted by Gasteiger charge is 2.35. The molecule has 18 heavy (non-hydrogen) atoms. The number of non-ortho nitro benzene ring substituents is 1. The molecule has 94 valence electrons. The van der Waals surface area contributed by atoms with E-state index in [-0.39, 0.29) is 16.6 Å². The van der Waals surface area contributed by atoms with Crippen molar-refractivity contribution in [2.45, 2.75) is 3.79 Å². The molecule has 0 atom stereocenters. The summed E-state index contributed by atoms with van der Waals surface area (Å²) in [6, 6.07) is 4.38. The summed E-state index contributed by atoms with van der Waals surface area (Å²) in [7, 11) is 0. The molecule has 0 aliphatic carbocycles. The zero-order valence-electron chi connectivity index (χ0n) is 8.62. The fraction of sp³-hybridized carbons (Fsp3) is 0.100. The molecular weight excluding hydrogens is 302 g/mol. The molecule has 0 amide bonds. The van der Waals surface area contributed by atoms with Gasteiger partial charge in [-0.2, -0.15) is 0 Å². The first-order valence-corrected chi connectivity index (χ1v) is 5.82. The van der Waals surface area contributed by atoms with E-state index in [1.165, 1.54) is 18.3 Å². The number of rotatable bonds is 2. The summed E-state index contributed by atoms with van der Waals surface area (Å²) in [6.07, 6.45) is 1.29. The number of fused-ring (bicyclic) bond motifs is 1. The Morgan fingerprint density at radius 1 is 1.33 bits per heavy atom. The van der Waals surface area contributed by atoms with Crippen molar-refractivity contribution in [3.05, 3.63) is 40.1 Å². The minimum Gasteiger partial charge on any atom is -0.360 e. The fourth-order valence-electron chi connectivity index (χ4n) is 1.65. The number of nitrogens with one attached hydrogen (secondary N) is 1. The molecule has 1 aromatic heterocycles. The number of benzene rings is 1. The summed E-state index contributed by atoms with van der Waals surface area (Å²) >= 11 is 16.5. The molecule has 1 N–H and O–H groups in total. The SMILES string of the molecule is O=C(c1c[nH]c2cccc([N+](=O)[O-])c12)C(Cl)(Cl)Cl. The lowest BCUT2D eigenvalue weighted by molar-refractivity contribution is -0.383. The van der Waals surface area contributed by atoms with Gasteiger partial charge in [0.15, 0.2) is 0 Å². The number of hydrogen-bond donors (Lipinski definition) is 1. The Kier molecular flexibility index (Phi) is 3.23. The van der Waals surface area contributed by atoms with Crippen molar-refractivity contribution in [1.82, 2.24) is 4.98 Å². The first kappa shape index (κ1) is 13.1.